The highest BCUT2D eigenvalue weighted by molar-refractivity contribution is 7.98. The van der Waals surface area contributed by atoms with Crippen molar-refractivity contribution in [1.82, 2.24) is 0 Å². The first-order valence-corrected chi connectivity index (χ1v) is 7.43. The Labute approximate surface area is 115 Å². The van der Waals surface area contributed by atoms with Gasteiger partial charge in [-0.1, -0.05) is 12.1 Å². The van der Waals surface area contributed by atoms with Crippen molar-refractivity contribution in [2.45, 2.75) is 19.0 Å². The number of alkyl halides is 3. The van der Waals surface area contributed by atoms with Gasteiger partial charge in [-0.15, -0.1) is 0 Å². The molecule has 1 N–H and O–H groups in total. The largest absolute Gasteiger partial charge is 0.482 e. The lowest BCUT2D eigenvalue weighted by Gasteiger charge is -2.14. The molecule has 0 amide bonds. The van der Waals surface area contributed by atoms with Crippen LogP contribution in [0.15, 0.2) is 24.3 Å². The Bertz CT molecular complexity index is 371. The van der Waals surface area contributed by atoms with Crippen molar-refractivity contribution in [1.29, 1.82) is 0 Å². The van der Waals surface area contributed by atoms with E-state index >= 15 is 0 Å². The predicted molar refractivity (Wildman–Crippen MR) is 74.1 cm³/mol. The van der Waals surface area contributed by atoms with Crippen molar-refractivity contribution < 1.29 is 17.9 Å². The Kier molecular flexibility index (Phi) is 6.91. The summed E-state index contributed by atoms with van der Waals surface area (Å²) >= 11 is 1.78. The number of para-hydroxylation sites is 2. The maximum absolute atomic E-state index is 12.1. The van der Waals surface area contributed by atoms with E-state index in [4.69, 9.17) is 4.74 Å². The summed E-state index contributed by atoms with van der Waals surface area (Å²) in [6, 6.07) is 6.69. The molecule has 0 saturated carbocycles. The second-order valence-electron chi connectivity index (χ2n) is 4.03. The molecule has 108 valence electrons. The number of hydrogen-bond acceptors (Lipinski definition) is 3. The van der Waals surface area contributed by atoms with E-state index in [1.807, 2.05) is 6.26 Å². The summed E-state index contributed by atoms with van der Waals surface area (Å²) in [5, 5.41) is 3.11. The van der Waals surface area contributed by atoms with E-state index in [0.717, 1.165) is 25.1 Å². The number of unbranched alkanes of at least 4 members (excludes halogenated alkanes) is 1. The molecule has 0 bridgehead atoms. The fourth-order valence-corrected chi connectivity index (χ4v) is 1.99. The molecular formula is C13H18F3NOS. The average Bonchev–Trinajstić information content (AvgIpc) is 2.36. The molecule has 1 aromatic rings. The number of thioether (sulfide) groups is 1. The van der Waals surface area contributed by atoms with Crippen LogP contribution < -0.4 is 10.1 Å². The van der Waals surface area contributed by atoms with E-state index in [9.17, 15) is 13.2 Å². The minimum absolute atomic E-state index is 0.240. The Morgan fingerprint density at radius 1 is 1.21 bits per heavy atom. The molecule has 1 rings (SSSR count). The maximum Gasteiger partial charge on any atom is 0.422 e. The first-order chi connectivity index (χ1) is 9.03. The number of ether oxygens (including phenoxy) is 1. The molecule has 0 aliphatic rings. The Hall–Kier alpha value is -1.04. The van der Waals surface area contributed by atoms with Gasteiger partial charge in [0.1, 0.15) is 5.75 Å². The normalized spacial score (nSPS) is 11.4. The fraction of sp³-hybridized carbons (Fsp3) is 0.538. The summed E-state index contributed by atoms with van der Waals surface area (Å²) in [6.07, 6.45) is -0.201. The topological polar surface area (TPSA) is 21.3 Å². The Morgan fingerprint density at radius 3 is 2.63 bits per heavy atom. The van der Waals surface area contributed by atoms with Gasteiger partial charge in [0.2, 0.25) is 0 Å². The van der Waals surface area contributed by atoms with Crippen molar-refractivity contribution in [2.75, 3.05) is 30.5 Å². The van der Waals surface area contributed by atoms with E-state index in [-0.39, 0.29) is 5.75 Å². The third kappa shape index (κ3) is 7.20. The standard InChI is InChI=1S/C13H18F3NOS/c1-19-9-5-4-8-17-11-6-2-3-7-12(11)18-10-13(14,15)16/h2-3,6-7,17H,4-5,8-10H2,1H3. The Morgan fingerprint density at radius 2 is 1.95 bits per heavy atom. The van der Waals surface area contributed by atoms with E-state index in [2.05, 4.69) is 5.32 Å². The number of nitrogens with one attached hydrogen (secondary N) is 1. The van der Waals surface area contributed by atoms with Gasteiger partial charge < -0.3 is 10.1 Å². The molecule has 0 atom stereocenters. The minimum Gasteiger partial charge on any atom is -0.482 e. The first-order valence-electron chi connectivity index (χ1n) is 6.04. The molecule has 0 spiro atoms. The smallest absolute Gasteiger partial charge is 0.422 e. The van der Waals surface area contributed by atoms with E-state index in [1.54, 1.807) is 30.0 Å². The highest BCUT2D eigenvalue weighted by atomic mass is 32.2. The summed E-state index contributed by atoms with van der Waals surface area (Å²) in [5.74, 6) is 1.33. The van der Waals surface area contributed by atoms with Crippen LogP contribution >= 0.6 is 11.8 Å². The average molecular weight is 293 g/mol. The third-order valence-corrected chi connectivity index (χ3v) is 3.07. The number of rotatable bonds is 8. The highest BCUT2D eigenvalue weighted by Crippen LogP contribution is 2.26. The van der Waals surface area contributed by atoms with Crippen LogP contribution in [0.1, 0.15) is 12.8 Å². The molecule has 0 saturated heterocycles. The number of benzene rings is 1. The van der Waals surface area contributed by atoms with Crippen LogP contribution in [0.2, 0.25) is 0 Å². The van der Waals surface area contributed by atoms with Crippen molar-refractivity contribution in [2.24, 2.45) is 0 Å². The van der Waals surface area contributed by atoms with E-state index in [1.165, 1.54) is 6.07 Å². The van der Waals surface area contributed by atoms with Gasteiger partial charge >= 0.3 is 6.18 Å². The van der Waals surface area contributed by atoms with E-state index < -0.39 is 12.8 Å². The molecular weight excluding hydrogens is 275 g/mol. The summed E-state index contributed by atoms with van der Waals surface area (Å²) in [7, 11) is 0. The summed E-state index contributed by atoms with van der Waals surface area (Å²) in [4.78, 5) is 0. The molecule has 0 aromatic heterocycles. The van der Waals surface area contributed by atoms with Gasteiger partial charge in [-0.3, -0.25) is 0 Å². The minimum atomic E-state index is -4.31. The quantitative estimate of drug-likeness (QED) is 0.726. The zero-order valence-corrected chi connectivity index (χ0v) is 11.6. The molecule has 0 radical (unpaired) electrons. The number of anilines is 1. The molecule has 0 aliphatic carbocycles. The van der Waals surface area contributed by atoms with Gasteiger partial charge in [-0.05, 0) is 37.0 Å². The Balaban J connectivity index is 2.44. The third-order valence-electron chi connectivity index (χ3n) is 2.37. The molecule has 6 heteroatoms. The molecule has 2 nitrogen and oxygen atoms in total. The number of halogens is 3. The van der Waals surface area contributed by atoms with Gasteiger partial charge in [0.15, 0.2) is 6.61 Å². The molecule has 19 heavy (non-hydrogen) atoms. The monoisotopic (exact) mass is 293 g/mol. The van der Waals surface area contributed by atoms with Crippen LogP contribution in [0.4, 0.5) is 18.9 Å². The molecule has 0 fully saturated rings. The van der Waals surface area contributed by atoms with Gasteiger partial charge in [-0.25, -0.2) is 0 Å². The summed E-state index contributed by atoms with van der Waals surface area (Å²) in [6.45, 7) is -0.537. The van der Waals surface area contributed by atoms with Crippen LogP contribution in [-0.4, -0.2) is 31.3 Å². The van der Waals surface area contributed by atoms with Crippen LogP contribution in [0.3, 0.4) is 0 Å². The fourth-order valence-electron chi connectivity index (χ4n) is 1.49. The van der Waals surface area contributed by atoms with Crippen LogP contribution in [-0.2, 0) is 0 Å². The highest BCUT2D eigenvalue weighted by Gasteiger charge is 2.28. The van der Waals surface area contributed by atoms with Crippen LogP contribution in [0.5, 0.6) is 5.75 Å². The lowest BCUT2D eigenvalue weighted by Crippen LogP contribution is -2.19. The molecule has 0 unspecified atom stereocenters. The van der Waals surface area contributed by atoms with Crippen molar-refractivity contribution in [3.8, 4) is 5.75 Å². The van der Waals surface area contributed by atoms with Gasteiger partial charge in [0, 0.05) is 6.54 Å². The molecule has 1 aromatic carbocycles. The second-order valence-corrected chi connectivity index (χ2v) is 5.01. The lowest BCUT2D eigenvalue weighted by molar-refractivity contribution is -0.153. The van der Waals surface area contributed by atoms with Gasteiger partial charge in [0.25, 0.3) is 0 Å². The lowest BCUT2D eigenvalue weighted by atomic mass is 10.2. The van der Waals surface area contributed by atoms with Gasteiger partial charge in [-0.2, -0.15) is 24.9 Å². The SMILES string of the molecule is CSCCCCNc1ccccc1OCC(F)(F)F. The van der Waals surface area contributed by atoms with Crippen LogP contribution in [0, 0.1) is 0 Å². The molecule has 0 heterocycles. The predicted octanol–water partition coefficient (Wildman–Crippen LogP) is 4.18. The zero-order chi connectivity index (χ0) is 14.1. The summed E-state index contributed by atoms with van der Waals surface area (Å²) < 4.78 is 41.1. The second kappa shape index (κ2) is 8.19. The first kappa shape index (κ1) is 16.0. The maximum atomic E-state index is 12.1. The van der Waals surface area contributed by atoms with Crippen molar-refractivity contribution in [3.05, 3.63) is 24.3 Å². The molecule has 0 aliphatic heterocycles. The van der Waals surface area contributed by atoms with Crippen molar-refractivity contribution in [3.63, 3.8) is 0 Å². The summed E-state index contributed by atoms with van der Waals surface area (Å²) in [5.41, 5.74) is 0.607. The number of hydrogen-bond donors (Lipinski definition) is 1. The van der Waals surface area contributed by atoms with Crippen molar-refractivity contribution >= 4 is 17.4 Å². The zero-order valence-electron chi connectivity index (χ0n) is 10.8. The van der Waals surface area contributed by atoms with Crippen LogP contribution in [0.25, 0.3) is 0 Å². The van der Waals surface area contributed by atoms with E-state index in [0.29, 0.717) is 5.69 Å². The van der Waals surface area contributed by atoms with Gasteiger partial charge in [0.05, 0.1) is 5.69 Å².